The van der Waals surface area contributed by atoms with E-state index >= 15 is 0 Å². The highest BCUT2D eigenvalue weighted by Crippen LogP contribution is 2.22. The molecule has 2 rings (SSSR count). The van der Waals surface area contributed by atoms with Gasteiger partial charge in [0.15, 0.2) is 0 Å². The number of ether oxygens (including phenoxy) is 1. The van der Waals surface area contributed by atoms with Gasteiger partial charge in [-0.2, -0.15) is 5.26 Å². The van der Waals surface area contributed by atoms with Crippen molar-refractivity contribution in [2.24, 2.45) is 0 Å². The van der Waals surface area contributed by atoms with Gasteiger partial charge in [0.25, 0.3) is 0 Å². The second-order valence-corrected chi connectivity index (χ2v) is 3.38. The SMILES string of the molecule is COC(=O)c1coc(-c2ccc(C#N)cc2)c1. The highest BCUT2D eigenvalue weighted by atomic mass is 16.5. The Kier molecular flexibility index (Phi) is 2.93. The Morgan fingerprint density at radius 1 is 1.35 bits per heavy atom. The van der Waals surface area contributed by atoms with Crippen LogP contribution in [0.15, 0.2) is 41.0 Å². The number of nitriles is 1. The first-order valence-electron chi connectivity index (χ1n) is 4.92. The molecule has 0 radical (unpaired) electrons. The van der Waals surface area contributed by atoms with E-state index in [0.717, 1.165) is 5.56 Å². The smallest absolute Gasteiger partial charge is 0.341 e. The molecule has 0 saturated carbocycles. The first kappa shape index (κ1) is 11.0. The third-order valence-electron chi connectivity index (χ3n) is 2.32. The van der Waals surface area contributed by atoms with Crippen LogP contribution in [0.25, 0.3) is 11.3 Å². The van der Waals surface area contributed by atoms with Crippen LogP contribution in [0.1, 0.15) is 15.9 Å². The molecule has 0 amide bonds. The molecule has 0 spiro atoms. The number of carbonyl (C=O) groups is 1. The number of esters is 1. The molecule has 0 aliphatic carbocycles. The topological polar surface area (TPSA) is 63.2 Å². The van der Waals surface area contributed by atoms with Crippen molar-refractivity contribution in [3.05, 3.63) is 47.7 Å². The number of rotatable bonds is 2. The van der Waals surface area contributed by atoms with E-state index in [-0.39, 0.29) is 0 Å². The molecule has 0 saturated heterocycles. The molecule has 0 atom stereocenters. The van der Waals surface area contributed by atoms with Crippen molar-refractivity contribution in [3.63, 3.8) is 0 Å². The van der Waals surface area contributed by atoms with E-state index in [1.807, 2.05) is 6.07 Å². The maximum absolute atomic E-state index is 11.2. The minimum Gasteiger partial charge on any atom is -0.465 e. The maximum atomic E-state index is 11.2. The second kappa shape index (κ2) is 4.54. The molecular weight excluding hydrogens is 218 g/mol. The van der Waals surface area contributed by atoms with Crippen LogP contribution in [0.5, 0.6) is 0 Å². The normalized spacial score (nSPS) is 9.65. The van der Waals surface area contributed by atoms with Crippen molar-refractivity contribution >= 4 is 5.97 Å². The van der Waals surface area contributed by atoms with Crippen molar-refractivity contribution in [2.45, 2.75) is 0 Å². The van der Waals surface area contributed by atoms with Crippen LogP contribution in [0.4, 0.5) is 0 Å². The molecule has 4 nitrogen and oxygen atoms in total. The minimum atomic E-state index is -0.436. The van der Waals surface area contributed by atoms with E-state index in [0.29, 0.717) is 16.9 Å². The van der Waals surface area contributed by atoms with Crippen LogP contribution in [0, 0.1) is 11.3 Å². The minimum absolute atomic E-state index is 0.367. The van der Waals surface area contributed by atoms with Gasteiger partial charge in [-0.1, -0.05) is 0 Å². The lowest BCUT2D eigenvalue weighted by Gasteiger charge is -1.95. The summed E-state index contributed by atoms with van der Waals surface area (Å²) in [5, 5.41) is 8.67. The first-order chi connectivity index (χ1) is 8.24. The van der Waals surface area contributed by atoms with Crippen molar-refractivity contribution < 1.29 is 13.9 Å². The van der Waals surface area contributed by atoms with E-state index in [9.17, 15) is 4.79 Å². The average Bonchev–Trinajstić information content (AvgIpc) is 2.87. The molecule has 2 aromatic rings. The molecule has 0 aliphatic rings. The largest absolute Gasteiger partial charge is 0.465 e. The summed E-state index contributed by atoms with van der Waals surface area (Å²) >= 11 is 0. The van der Waals surface area contributed by atoms with Crippen LogP contribution in [0.2, 0.25) is 0 Å². The fourth-order valence-corrected chi connectivity index (χ4v) is 1.42. The fraction of sp³-hybridized carbons (Fsp3) is 0.0769. The van der Waals surface area contributed by atoms with Crippen molar-refractivity contribution in [3.8, 4) is 17.4 Å². The quantitative estimate of drug-likeness (QED) is 0.740. The van der Waals surface area contributed by atoms with E-state index in [2.05, 4.69) is 4.74 Å². The van der Waals surface area contributed by atoms with Crippen molar-refractivity contribution in [2.75, 3.05) is 7.11 Å². The predicted molar refractivity (Wildman–Crippen MR) is 60.2 cm³/mol. The zero-order valence-corrected chi connectivity index (χ0v) is 9.14. The van der Waals surface area contributed by atoms with E-state index in [4.69, 9.17) is 9.68 Å². The van der Waals surface area contributed by atoms with Crippen LogP contribution < -0.4 is 0 Å². The number of carbonyl (C=O) groups excluding carboxylic acids is 1. The molecule has 1 heterocycles. The van der Waals surface area contributed by atoms with E-state index < -0.39 is 5.97 Å². The van der Waals surface area contributed by atoms with Crippen LogP contribution in [-0.2, 0) is 4.74 Å². The molecule has 4 heteroatoms. The van der Waals surface area contributed by atoms with Gasteiger partial charge in [0.2, 0.25) is 0 Å². The average molecular weight is 227 g/mol. The van der Waals surface area contributed by atoms with Crippen LogP contribution in [0.3, 0.4) is 0 Å². The molecule has 0 N–H and O–H groups in total. The first-order valence-corrected chi connectivity index (χ1v) is 4.92. The number of hydrogen-bond acceptors (Lipinski definition) is 4. The van der Waals surface area contributed by atoms with Gasteiger partial charge < -0.3 is 9.15 Å². The number of furan rings is 1. The third kappa shape index (κ3) is 2.18. The van der Waals surface area contributed by atoms with Crippen LogP contribution in [-0.4, -0.2) is 13.1 Å². The molecule has 84 valence electrons. The fourth-order valence-electron chi connectivity index (χ4n) is 1.42. The summed E-state index contributed by atoms with van der Waals surface area (Å²) in [7, 11) is 1.32. The Labute approximate surface area is 98.0 Å². The Balaban J connectivity index is 2.31. The molecular formula is C13H9NO3. The monoisotopic (exact) mass is 227 g/mol. The predicted octanol–water partition coefficient (Wildman–Crippen LogP) is 2.60. The Morgan fingerprint density at radius 2 is 2.06 bits per heavy atom. The number of nitrogens with zero attached hydrogens (tertiary/aromatic N) is 1. The maximum Gasteiger partial charge on any atom is 0.341 e. The molecule has 0 aliphatic heterocycles. The number of methoxy groups -OCH3 is 1. The van der Waals surface area contributed by atoms with E-state index in [1.54, 1.807) is 30.3 Å². The summed E-state index contributed by atoms with van der Waals surface area (Å²) in [5.74, 6) is 0.128. The molecule has 1 aromatic carbocycles. The summed E-state index contributed by atoms with van der Waals surface area (Å²) < 4.78 is 9.84. The second-order valence-electron chi connectivity index (χ2n) is 3.38. The highest BCUT2D eigenvalue weighted by molar-refractivity contribution is 5.90. The zero-order chi connectivity index (χ0) is 12.3. The van der Waals surface area contributed by atoms with Gasteiger partial charge in [0, 0.05) is 5.56 Å². The van der Waals surface area contributed by atoms with Crippen molar-refractivity contribution in [1.29, 1.82) is 5.26 Å². The molecule has 0 fully saturated rings. The summed E-state index contributed by atoms with van der Waals surface area (Å²) in [6.45, 7) is 0. The lowest BCUT2D eigenvalue weighted by atomic mass is 10.1. The summed E-state index contributed by atoms with van der Waals surface area (Å²) in [6.07, 6.45) is 1.35. The summed E-state index contributed by atoms with van der Waals surface area (Å²) in [6, 6.07) is 10.5. The molecule has 0 unspecified atom stereocenters. The van der Waals surface area contributed by atoms with Gasteiger partial charge in [0.1, 0.15) is 12.0 Å². The summed E-state index contributed by atoms with van der Waals surface area (Å²) in [4.78, 5) is 11.2. The Morgan fingerprint density at radius 3 is 2.65 bits per heavy atom. The van der Waals surface area contributed by atoms with E-state index in [1.165, 1.54) is 13.4 Å². The lowest BCUT2D eigenvalue weighted by Crippen LogP contribution is -1.98. The highest BCUT2D eigenvalue weighted by Gasteiger charge is 2.11. The number of hydrogen-bond donors (Lipinski definition) is 0. The van der Waals surface area contributed by atoms with Gasteiger partial charge in [-0.25, -0.2) is 4.79 Å². The van der Waals surface area contributed by atoms with Crippen molar-refractivity contribution in [1.82, 2.24) is 0 Å². The molecule has 0 bridgehead atoms. The molecule has 1 aromatic heterocycles. The van der Waals surface area contributed by atoms with Gasteiger partial charge in [-0.05, 0) is 30.3 Å². The van der Waals surface area contributed by atoms with Gasteiger partial charge in [-0.15, -0.1) is 0 Å². The van der Waals surface area contributed by atoms with Gasteiger partial charge in [0.05, 0.1) is 24.3 Å². The van der Waals surface area contributed by atoms with Gasteiger partial charge >= 0.3 is 5.97 Å². The van der Waals surface area contributed by atoms with Crippen LogP contribution >= 0.6 is 0 Å². The molecule has 17 heavy (non-hydrogen) atoms. The zero-order valence-electron chi connectivity index (χ0n) is 9.14. The standard InChI is InChI=1S/C13H9NO3/c1-16-13(15)11-6-12(17-8-11)10-4-2-9(7-14)3-5-10/h2-6,8H,1H3. The van der Waals surface area contributed by atoms with Gasteiger partial charge in [-0.3, -0.25) is 0 Å². The summed E-state index contributed by atoms with van der Waals surface area (Å²) in [5.41, 5.74) is 1.75. The Hall–Kier alpha value is -2.54. The number of benzene rings is 1. The third-order valence-corrected chi connectivity index (χ3v) is 2.32. The Bertz CT molecular complexity index is 575. The lowest BCUT2D eigenvalue weighted by molar-refractivity contribution is 0.0600.